The van der Waals surface area contributed by atoms with E-state index in [9.17, 15) is 4.79 Å². The molecule has 0 saturated heterocycles. The maximum Gasteiger partial charge on any atom is 0.239 e. The summed E-state index contributed by atoms with van der Waals surface area (Å²) in [6.07, 6.45) is 0. The van der Waals surface area contributed by atoms with Gasteiger partial charge in [0.1, 0.15) is 11.9 Å². The van der Waals surface area contributed by atoms with E-state index in [1.54, 1.807) is 7.11 Å². The van der Waals surface area contributed by atoms with E-state index in [0.717, 1.165) is 11.3 Å². The van der Waals surface area contributed by atoms with Gasteiger partial charge in [0.2, 0.25) is 5.91 Å². The lowest BCUT2D eigenvalue weighted by Gasteiger charge is -2.10. The van der Waals surface area contributed by atoms with Crippen molar-refractivity contribution >= 4 is 11.7 Å². The number of aromatic nitrogens is 1. The molecule has 0 aliphatic heterocycles. The Balaban J connectivity index is 2.63. The molecule has 0 aliphatic carbocycles. The van der Waals surface area contributed by atoms with Crippen LogP contribution in [-0.2, 0) is 9.53 Å². The number of nitriles is 1. The number of pyridine rings is 1. The van der Waals surface area contributed by atoms with Crippen LogP contribution < -0.4 is 10.6 Å². The molecule has 0 saturated carbocycles. The summed E-state index contributed by atoms with van der Waals surface area (Å²) >= 11 is 0. The van der Waals surface area contributed by atoms with Crippen LogP contribution in [0.25, 0.3) is 0 Å². The van der Waals surface area contributed by atoms with E-state index in [1.165, 1.54) is 0 Å². The minimum Gasteiger partial charge on any atom is -0.383 e. The molecule has 1 aromatic rings. The van der Waals surface area contributed by atoms with Gasteiger partial charge >= 0.3 is 0 Å². The first-order valence-electron chi connectivity index (χ1n) is 5.96. The summed E-state index contributed by atoms with van der Waals surface area (Å²) in [6.45, 7) is 4.70. The van der Waals surface area contributed by atoms with E-state index in [-0.39, 0.29) is 12.5 Å². The number of methoxy groups -OCH3 is 1. The second-order valence-corrected chi connectivity index (χ2v) is 4.11. The highest BCUT2D eigenvalue weighted by atomic mass is 16.5. The highest BCUT2D eigenvalue weighted by Crippen LogP contribution is 2.16. The molecular formula is C13H18N4O2. The van der Waals surface area contributed by atoms with Crippen LogP contribution in [0.1, 0.15) is 16.8 Å². The van der Waals surface area contributed by atoms with Crippen LogP contribution in [-0.4, -0.2) is 37.7 Å². The molecular weight excluding hydrogens is 244 g/mol. The van der Waals surface area contributed by atoms with Crippen LogP contribution in [0.15, 0.2) is 6.07 Å². The van der Waals surface area contributed by atoms with Crippen molar-refractivity contribution in [3.8, 4) is 6.07 Å². The van der Waals surface area contributed by atoms with Gasteiger partial charge in [-0.1, -0.05) is 0 Å². The normalized spacial score (nSPS) is 9.79. The smallest absolute Gasteiger partial charge is 0.239 e. The molecule has 2 N–H and O–H groups in total. The number of carbonyl (C=O) groups excluding carboxylic acids is 1. The van der Waals surface area contributed by atoms with E-state index >= 15 is 0 Å². The number of hydrogen-bond donors (Lipinski definition) is 2. The van der Waals surface area contributed by atoms with Crippen molar-refractivity contribution in [1.29, 1.82) is 5.26 Å². The summed E-state index contributed by atoms with van der Waals surface area (Å²) in [4.78, 5) is 15.8. The van der Waals surface area contributed by atoms with Crippen LogP contribution in [0.4, 0.5) is 5.82 Å². The number of rotatable bonds is 6. The van der Waals surface area contributed by atoms with E-state index < -0.39 is 0 Å². The Kier molecular flexibility index (Phi) is 5.76. The number of hydrogen-bond acceptors (Lipinski definition) is 5. The number of nitrogens with zero attached hydrogens (tertiary/aromatic N) is 2. The molecule has 0 fully saturated rings. The summed E-state index contributed by atoms with van der Waals surface area (Å²) < 4.78 is 4.83. The number of anilines is 1. The second-order valence-electron chi connectivity index (χ2n) is 4.11. The monoisotopic (exact) mass is 262 g/mol. The molecule has 0 aliphatic rings. The topological polar surface area (TPSA) is 87.0 Å². The fraction of sp³-hybridized carbons (Fsp3) is 0.462. The van der Waals surface area contributed by atoms with E-state index in [1.807, 2.05) is 19.9 Å². The van der Waals surface area contributed by atoms with Crippen LogP contribution in [0.2, 0.25) is 0 Å². The molecule has 6 nitrogen and oxygen atoms in total. The summed E-state index contributed by atoms with van der Waals surface area (Å²) in [5.74, 6) is 0.281. The summed E-state index contributed by atoms with van der Waals surface area (Å²) in [6, 6.07) is 3.93. The van der Waals surface area contributed by atoms with Crippen molar-refractivity contribution in [2.45, 2.75) is 13.8 Å². The lowest BCUT2D eigenvalue weighted by atomic mass is 10.1. The first-order valence-corrected chi connectivity index (χ1v) is 5.96. The average molecular weight is 262 g/mol. The largest absolute Gasteiger partial charge is 0.383 e. The molecule has 19 heavy (non-hydrogen) atoms. The Morgan fingerprint density at radius 1 is 1.53 bits per heavy atom. The van der Waals surface area contributed by atoms with Gasteiger partial charge in [-0.15, -0.1) is 0 Å². The van der Waals surface area contributed by atoms with Gasteiger partial charge in [-0.2, -0.15) is 5.26 Å². The highest BCUT2D eigenvalue weighted by molar-refractivity contribution is 5.80. The first kappa shape index (κ1) is 14.9. The van der Waals surface area contributed by atoms with Crippen LogP contribution in [0.3, 0.4) is 0 Å². The summed E-state index contributed by atoms with van der Waals surface area (Å²) in [5.41, 5.74) is 2.12. The number of ether oxygens (including phenoxy) is 1. The van der Waals surface area contributed by atoms with E-state index in [2.05, 4.69) is 21.7 Å². The fourth-order valence-electron chi connectivity index (χ4n) is 1.62. The Morgan fingerprint density at radius 3 is 2.89 bits per heavy atom. The predicted octanol–water partition coefficient (Wildman–Crippen LogP) is 0.745. The van der Waals surface area contributed by atoms with Crippen LogP contribution in [0, 0.1) is 25.2 Å². The minimum absolute atomic E-state index is 0.0777. The zero-order valence-electron chi connectivity index (χ0n) is 11.4. The second kappa shape index (κ2) is 7.34. The number of nitrogens with one attached hydrogen (secondary N) is 2. The summed E-state index contributed by atoms with van der Waals surface area (Å²) in [5, 5.41) is 14.7. The van der Waals surface area contributed by atoms with Gasteiger partial charge < -0.3 is 15.4 Å². The van der Waals surface area contributed by atoms with Gasteiger partial charge in [0.05, 0.1) is 18.7 Å². The van der Waals surface area contributed by atoms with E-state index in [4.69, 9.17) is 10.00 Å². The maximum absolute atomic E-state index is 11.5. The van der Waals surface area contributed by atoms with Crippen LogP contribution >= 0.6 is 0 Å². The van der Waals surface area contributed by atoms with Gasteiger partial charge in [0.25, 0.3) is 0 Å². The third-order valence-corrected chi connectivity index (χ3v) is 2.50. The molecule has 1 amide bonds. The van der Waals surface area contributed by atoms with Gasteiger partial charge in [-0.05, 0) is 25.5 Å². The minimum atomic E-state index is -0.165. The predicted molar refractivity (Wildman–Crippen MR) is 71.8 cm³/mol. The van der Waals surface area contributed by atoms with Crippen molar-refractivity contribution in [2.24, 2.45) is 0 Å². The van der Waals surface area contributed by atoms with Crippen LogP contribution in [0.5, 0.6) is 0 Å². The zero-order chi connectivity index (χ0) is 14.3. The summed E-state index contributed by atoms with van der Waals surface area (Å²) in [7, 11) is 1.57. The molecule has 1 aromatic heterocycles. The number of carbonyl (C=O) groups is 1. The van der Waals surface area contributed by atoms with Crippen molar-refractivity contribution in [1.82, 2.24) is 10.3 Å². The first-order chi connectivity index (χ1) is 9.08. The molecule has 102 valence electrons. The molecule has 0 bridgehead atoms. The Hall–Kier alpha value is -2.13. The average Bonchev–Trinajstić information content (AvgIpc) is 2.36. The number of aryl methyl sites for hydroxylation is 2. The third-order valence-electron chi connectivity index (χ3n) is 2.50. The van der Waals surface area contributed by atoms with Gasteiger partial charge in [-0.3, -0.25) is 4.79 Å². The number of amides is 1. The maximum atomic E-state index is 11.5. The van der Waals surface area contributed by atoms with Crippen molar-refractivity contribution in [3.05, 3.63) is 22.9 Å². The molecule has 0 radical (unpaired) electrons. The lowest BCUT2D eigenvalue weighted by molar-refractivity contribution is -0.119. The highest BCUT2D eigenvalue weighted by Gasteiger charge is 2.09. The molecule has 1 rings (SSSR count). The van der Waals surface area contributed by atoms with Gasteiger partial charge in [0.15, 0.2) is 0 Å². The fourth-order valence-corrected chi connectivity index (χ4v) is 1.62. The van der Waals surface area contributed by atoms with Gasteiger partial charge in [0, 0.05) is 19.3 Å². The molecule has 0 spiro atoms. The molecule has 0 aromatic carbocycles. The van der Waals surface area contributed by atoms with Crippen molar-refractivity contribution in [2.75, 3.05) is 32.1 Å². The zero-order valence-corrected chi connectivity index (χ0v) is 11.4. The third kappa shape index (κ3) is 4.56. The quantitative estimate of drug-likeness (QED) is 0.738. The Bertz CT molecular complexity index is 494. The van der Waals surface area contributed by atoms with Crippen molar-refractivity contribution < 1.29 is 9.53 Å². The Labute approximate surface area is 112 Å². The van der Waals surface area contributed by atoms with Crippen molar-refractivity contribution in [3.63, 3.8) is 0 Å². The van der Waals surface area contributed by atoms with Gasteiger partial charge in [-0.25, -0.2) is 4.98 Å². The lowest BCUT2D eigenvalue weighted by Crippen LogP contribution is -2.32. The SMILES string of the molecule is COCCNC(=O)CNc1nc(C)cc(C)c1C#N. The standard InChI is InChI=1S/C13H18N4O2/c1-9-6-10(2)17-13(11(9)7-14)16-8-12(18)15-4-5-19-3/h6H,4-5,8H2,1-3H3,(H,15,18)(H,16,17). The molecule has 6 heteroatoms. The molecule has 1 heterocycles. The Morgan fingerprint density at radius 2 is 2.26 bits per heavy atom. The molecule has 0 unspecified atom stereocenters. The van der Waals surface area contributed by atoms with E-state index in [0.29, 0.717) is 24.5 Å². The molecule has 0 atom stereocenters.